The first-order valence-corrected chi connectivity index (χ1v) is 5.73. The summed E-state index contributed by atoms with van der Waals surface area (Å²) < 4.78 is 15.7. The van der Waals surface area contributed by atoms with Crippen molar-refractivity contribution in [1.29, 1.82) is 0 Å². The zero-order valence-electron chi connectivity index (χ0n) is 9.73. The van der Waals surface area contributed by atoms with E-state index in [1.165, 1.54) is 20.3 Å². The van der Waals surface area contributed by atoms with E-state index in [1.54, 1.807) is 6.07 Å². The average Bonchev–Trinajstić information content (AvgIpc) is 2.78. The number of halogens is 1. The van der Waals surface area contributed by atoms with Gasteiger partial charge in [-0.1, -0.05) is 5.16 Å². The number of aromatic hydroxyl groups is 1. The molecule has 0 spiro atoms. The monoisotopic (exact) mass is 314 g/mol. The van der Waals surface area contributed by atoms with Crippen molar-refractivity contribution >= 4 is 21.8 Å². The van der Waals surface area contributed by atoms with Crippen LogP contribution in [0.1, 0.15) is 0 Å². The van der Waals surface area contributed by atoms with Gasteiger partial charge >= 0.3 is 0 Å². The normalized spacial score (nSPS) is 10.4. The van der Waals surface area contributed by atoms with Crippen molar-refractivity contribution in [1.82, 2.24) is 5.16 Å². The van der Waals surface area contributed by atoms with Crippen molar-refractivity contribution < 1.29 is 19.1 Å². The number of benzene rings is 1. The molecular formula is C11H11BrN2O4. The molecule has 18 heavy (non-hydrogen) atoms. The minimum atomic E-state index is -0.0269. The number of rotatable bonds is 3. The zero-order valence-corrected chi connectivity index (χ0v) is 11.3. The Hall–Kier alpha value is -1.89. The second-order valence-corrected chi connectivity index (χ2v) is 4.29. The number of hydrogen-bond donors (Lipinski definition) is 2. The van der Waals surface area contributed by atoms with Gasteiger partial charge in [0, 0.05) is 12.1 Å². The number of methoxy groups -OCH3 is 2. The maximum Gasteiger partial charge on any atom is 0.222 e. The van der Waals surface area contributed by atoms with Gasteiger partial charge in [-0.15, -0.1) is 0 Å². The molecule has 1 aromatic heterocycles. The molecule has 96 valence electrons. The third kappa shape index (κ3) is 1.97. The van der Waals surface area contributed by atoms with Crippen molar-refractivity contribution in [3.05, 3.63) is 16.6 Å². The Bertz CT molecular complexity index is 583. The molecule has 0 amide bonds. The summed E-state index contributed by atoms with van der Waals surface area (Å²) in [6.07, 6.45) is 0. The summed E-state index contributed by atoms with van der Waals surface area (Å²) in [5.41, 5.74) is 6.19. The Morgan fingerprint density at radius 1 is 1.33 bits per heavy atom. The van der Waals surface area contributed by atoms with Crippen LogP contribution < -0.4 is 15.2 Å². The van der Waals surface area contributed by atoms with Gasteiger partial charge in [0.2, 0.25) is 5.88 Å². The van der Waals surface area contributed by atoms with E-state index in [0.29, 0.717) is 27.2 Å². The lowest BCUT2D eigenvalue weighted by atomic mass is 10.1. The first kappa shape index (κ1) is 12.6. The minimum Gasteiger partial charge on any atom is -0.506 e. The molecule has 6 nitrogen and oxygen atoms in total. The molecule has 0 radical (unpaired) electrons. The van der Waals surface area contributed by atoms with Crippen LogP contribution in [-0.2, 0) is 0 Å². The number of hydrogen-bond acceptors (Lipinski definition) is 6. The molecule has 0 aliphatic heterocycles. The fourth-order valence-corrected chi connectivity index (χ4v) is 2.00. The first-order chi connectivity index (χ1) is 8.58. The SMILES string of the molecule is COc1cc(Br)c(O)c(-c2cc(N)on2)c1OC. The number of anilines is 1. The van der Waals surface area contributed by atoms with Crippen molar-refractivity contribution in [3.63, 3.8) is 0 Å². The lowest BCUT2D eigenvalue weighted by molar-refractivity contribution is 0.352. The van der Waals surface area contributed by atoms with E-state index in [1.807, 2.05) is 0 Å². The molecule has 0 saturated heterocycles. The number of ether oxygens (including phenoxy) is 2. The molecule has 1 aromatic carbocycles. The van der Waals surface area contributed by atoms with E-state index in [0.717, 1.165) is 0 Å². The lowest BCUT2D eigenvalue weighted by Crippen LogP contribution is -1.94. The summed E-state index contributed by atoms with van der Waals surface area (Å²) in [7, 11) is 2.97. The molecule has 0 saturated carbocycles. The molecule has 0 unspecified atom stereocenters. The van der Waals surface area contributed by atoms with Crippen LogP contribution in [0.25, 0.3) is 11.3 Å². The second kappa shape index (κ2) is 4.77. The summed E-state index contributed by atoms with van der Waals surface area (Å²) in [4.78, 5) is 0. The third-order valence-corrected chi connectivity index (χ3v) is 2.98. The van der Waals surface area contributed by atoms with Gasteiger partial charge in [0.25, 0.3) is 0 Å². The molecule has 0 atom stereocenters. The van der Waals surface area contributed by atoms with Crippen LogP contribution in [0.4, 0.5) is 5.88 Å². The molecule has 0 fully saturated rings. The Labute approximate surface area is 111 Å². The van der Waals surface area contributed by atoms with Crippen molar-refractivity contribution in [2.45, 2.75) is 0 Å². The first-order valence-electron chi connectivity index (χ1n) is 4.94. The molecular weight excluding hydrogens is 304 g/mol. The van der Waals surface area contributed by atoms with E-state index < -0.39 is 0 Å². The Morgan fingerprint density at radius 3 is 2.56 bits per heavy atom. The topological polar surface area (TPSA) is 90.7 Å². The summed E-state index contributed by atoms with van der Waals surface area (Å²) in [5.74, 6) is 0.927. The van der Waals surface area contributed by atoms with Gasteiger partial charge in [0.1, 0.15) is 11.4 Å². The highest BCUT2D eigenvalue weighted by atomic mass is 79.9. The predicted molar refractivity (Wildman–Crippen MR) is 68.8 cm³/mol. The van der Waals surface area contributed by atoms with Gasteiger partial charge in [-0.2, -0.15) is 0 Å². The standard InChI is InChI=1S/C11H11BrN2O4/c1-16-7-3-5(12)10(15)9(11(7)17-2)6-4-8(13)18-14-6/h3-4,15H,13H2,1-2H3. The number of nitrogen functional groups attached to an aromatic ring is 1. The van der Waals surface area contributed by atoms with E-state index in [-0.39, 0.29) is 11.6 Å². The maximum atomic E-state index is 10.1. The van der Waals surface area contributed by atoms with Crippen LogP contribution in [0.3, 0.4) is 0 Å². The van der Waals surface area contributed by atoms with Crippen LogP contribution in [0.15, 0.2) is 21.1 Å². The van der Waals surface area contributed by atoms with Crippen molar-refractivity contribution in [2.24, 2.45) is 0 Å². The minimum absolute atomic E-state index is 0.0269. The van der Waals surface area contributed by atoms with Crippen LogP contribution in [0, 0.1) is 0 Å². The summed E-state index contributed by atoms with van der Waals surface area (Å²) in [6, 6.07) is 3.09. The van der Waals surface area contributed by atoms with Gasteiger partial charge in [0.15, 0.2) is 11.5 Å². The fraction of sp³-hybridized carbons (Fsp3) is 0.182. The maximum absolute atomic E-state index is 10.1. The van der Waals surface area contributed by atoms with Gasteiger partial charge in [0.05, 0.1) is 24.3 Å². The summed E-state index contributed by atoms with van der Waals surface area (Å²) >= 11 is 3.23. The Balaban J connectivity index is 2.74. The highest BCUT2D eigenvalue weighted by Gasteiger charge is 2.22. The molecule has 7 heteroatoms. The number of aromatic nitrogens is 1. The van der Waals surface area contributed by atoms with Gasteiger partial charge in [-0.25, -0.2) is 0 Å². The van der Waals surface area contributed by atoms with E-state index in [2.05, 4.69) is 21.1 Å². The second-order valence-electron chi connectivity index (χ2n) is 3.43. The van der Waals surface area contributed by atoms with E-state index in [4.69, 9.17) is 19.7 Å². The number of phenols is 1. The molecule has 0 bridgehead atoms. The highest BCUT2D eigenvalue weighted by molar-refractivity contribution is 9.10. The van der Waals surface area contributed by atoms with Crippen molar-refractivity contribution in [3.8, 4) is 28.5 Å². The smallest absolute Gasteiger partial charge is 0.222 e. The number of phenolic OH excluding ortho intramolecular Hbond substituents is 1. The van der Waals surface area contributed by atoms with Gasteiger partial charge in [-0.05, 0) is 15.9 Å². The quantitative estimate of drug-likeness (QED) is 0.904. The van der Waals surface area contributed by atoms with Crippen molar-refractivity contribution in [2.75, 3.05) is 20.0 Å². The van der Waals surface area contributed by atoms with E-state index in [9.17, 15) is 5.11 Å². The average molecular weight is 315 g/mol. The van der Waals surface area contributed by atoms with Crippen LogP contribution in [0.5, 0.6) is 17.2 Å². The molecule has 2 rings (SSSR count). The highest BCUT2D eigenvalue weighted by Crippen LogP contribution is 2.47. The molecule has 0 aliphatic rings. The van der Waals surface area contributed by atoms with Crippen LogP contribution >= 0.6 is 15.9 Å². The Kier molecular flexibility index (Phi) is 3.33. The Morgan fingerprint density at radius 2 is 2.06 bits per heavy atom. The molecule has 3 N–H and O–H groups in total. The van der Waals surface area contributed by atoms with Gasteiger partial charge < -0.3 is 24.8 Å². The van der Waals surface area contributed by atoms with Crippen LogP contribution in [0.2, 0.25) is 0 Å². The number of nitrogens with two attached hydrogens (primary N) is 1. The van der Waals surface area contributed by atoms with E-state index >= 15 is 0 Å². The zero-order chi connectivity index (χ0) is 13.3. The summed E-state index contributed by atoms with van der Waals surface area (Å²) in [5, 5.41) is 13.8. The van der Waals surface area contributed by atoms with Crippen LogP contribution in [-0.4, -0.2) is 24.5 Å². The third-order valence-electron chi connectivity index (χ3n) is 2.38. The number of nitrogens with zero attached hydrogens (tertiary/aromatic N) is 1. The summed E-state index contributed by atoms with van der Waals surface area (Å²) in [6.45, 7) is 0. The molecule has 0 aliphatic carbocycles. The fourth-order valence-electron chi connectivity index (χ4n) is 1.60. The van der Waals surface area contributed by atoms with Gasteiger partial charge in [-0.3, -0.25) is 0 Å². The molecule has 1 heterocycles. The largest absolute Gasteiger partial charge is 0.506 e. The molecule has 2 aromatic rings. The predicted octanol–water partition coefficient (Wildman–Crippen LogP) is 2.41. The lowest BCUT2D eigenvalue weighted by Gasteiger charge is -2.13.